The average Bonchev–Trinajstić information content (AvgIpc) is 2.77. The summed E-state index contributed by atoms with van der Waals surface area (Å²) in [4.78, 5) is 0. The van der Waals surface area contributed by atoms with Crippen LogP contribution in [0, 0.1) is 5.82 Å². The molecule has 90 valence electrons. The fourth-order valence-electron chi connectivity index (χ4n) is 1.20. The Balaban J connectivity index is 1.90. The minimum Gasteiger partial charge on any atom is -0.415 e. The largest absolute Gasteiger partial charge is 0.415 e. The Labute approximate surface area is 107 Å². The zero-order valence-electron chi connectivity index (χ0n) is 9.22. The summed E-state index contributed by atoms with van der Waals surface area (Å²) in [7, 11) is 0. The van der Waals surface area contributed by atoms with Gasteiger partial charge in [-0.15, -0.1) is 10.2 Å². The highest BCUT2D eigenvalue weighted by Gasteiger charge is 2.06. The molecule has 1 aromatic heterocycles. The molecule has 0 spiro atoms. The molecular weight excluding hydrogens is 259 g/mol. The SMILES string of the molecule is CSCc1nnc(SCc2ccc(F)cc2)o1. The van der Waals surface area contributed by atoms with Crippen LogP contribution >= 0.6 is 23.5 Å². The first kappa shape index (κ1) is 12.4. The number of nitrogens with zero attached hydrogens (tertiary/aromatic N) is 2. The maximum Gasteiger partial charge on any atom is 0.276 e. The molecule has 6 heteroatoms. The molecule has 0 atom stereocenters. The maximum absolute atomic E-state index is 12.7. The molecule has 0 aliphatic carbocycles. The van der Waals surface area contributed by atoms with Gasteiger partial charge in [0.15, 0.2) is 0 Å². The number of aromatic nitrogens is 2. The van der Waals surface area contributed by atoms with E-state index in [1.165, 1.54) is 23.9 Å². The zero-order valence-corrected chi connectivity index (χ0v) is 10.9. The number of rotatable bonds is 5. The number of thioether (sulfide) groups is 2. The van der Waals surface area contributed by atoms with Gasteiger partial charge in [-0.2, -0.15) is 11.8 Å². The molecule has 0 radical (unpaired) electrons. The predicted octanol–water partition coefficient (Wildman–Crippen LogP) is 3.36. The van der Waals surface area contributed by atoms with Crippen LogP contribution in [0.1, 0.15) is 11.5 Å². The highest BCUT2D eigenvalue weighted by molar-refractivity contribution is 7.98. The van der Waals surface area contributed by atoms with Gasteiger partial charge in [0.2, 0.25) is 5.89 Å². The van der Waals surface area contributed by atoms with Crippen molar-refractivity contribution in [1.82, 2.24) is 10.2 Å². The summed E-state index contributed by atoms with van der Waals surface area (Å²) < 4.78 is 18.1. The highest BCUT2D eigenvalue weighted by atomic mass is 32.2. The van der Waals surface area contributed by atoms with Crippen molar-refractivity contribution in [3.63, 3.8) is 0 Å². The topological polar surface area (TPSA) is 38.9 Å². The first-order valence-electron chi connectivity index (χ1n) is 4.96. The van der Waals surface area contributed by atoms with Gasteiger partial charge in [-0.3, -0.25) is 0 Å². The van der Waals surface area contributed by atoms with Crippen molar-refractivity contribution in [1.29, 1.82) is 0 Å². The molecule has 3 nitrogen and oxygen atoms in total. The van der Waals surface area contributed by atoms with E-state index in [0.29, 0.717) is 16.9 Å². The molecule has 1 heterocycles. The van der Waals surface area contributed by atoms with Crippen molar-refractivity contribution in [3.05, 3.63) is 41.5 Å². The third kappa shape index (κ3) is 3.74. The van der Waals surface area contributed by atoms with E-state index in [1.54, 1.807) is 23.9 Å². The van der Waals surface area contributed by atoms with Crippen molar-refractivity contribution in [3.8, 4) is 0 Å². The van der Waals surface area contributed by atoms with Crippen molar-refractivity contribution in [2.24, 2.45) is 0 Å². The summed E-state index contributed by atoms with van der Waals surface area (Å²) in [6.45, 7) is 0. The number of hydrogen-bond donors (Lipinski definition) is 0. The zero-order chi connectivity index (χ0) is 12.1. The molecule has 2 aromatic rings. The smallest absolute Gasteiger partial charge is 0.276 e. The second-order valence-corrected chi connectivity index (χ2v) is 5.10. The molecule has 0 aliphatic heterocycles. The molecule has 17 heavy (non-hydrogen) atoms. The van der Waals surface area contributed by atoms with E-state index < -0.39 is 0 Å². The van der Waals surface area contributed by atoms with E-state index in [0.717, 1.165) is 11.3 Å². The molecule has 0 N–H and O–H groups in total. The summed E-state index contributed by atoms with van der Waals surface area (Å²) in [5.41, 5.74) is 1.03. The normalized spacial score (nSPS) is 10.7. The van der Waals surface area contributed by atoms with E-state index in [4.69, 9.17) is 4.42 Å². The van der Waals surface area contributed by atoms with Gasteiger partial charge < -0.3 is 4.42 Å². The Kier molecular flexibility index (Phi) is 4.44. The Bertz CT molecular complexity index is 473. The first-order chi connectivity index (χ1) is 8.28. The van der Waals surface area contributed by atoms with E-state index in [-0.39, 0.29) is 5.82 Å². The molecular formula is C11H11FN2OS2. The van der Waals surface area contributed by atoms with Gasteiger partial charge in [0.05, 0.1) is 5.75 Å². The molecule has 2 rings (SSSR count). The number of benzene rings is 1. The Morgan fingerprint density at radius 3 is 2.65 bits per heavy atom. The average molecular weight is 270 g/mol. The summed E-state index contributed by atoms with van der Waals surface area (Å²) >= 11 is 3.09. The molecule has 0 fully saturated rings. The second kappa shape index (κ2) is 6.07. The van der Waals surface area contributed by atoms with Crippen LogP contribution in [0.4, 0.5) is 4.39 Å². The third-order valence-electron chi connectivity index (χ3n) is 1.99. The van der Waals surface area contributed by atoms with Gasteiger partial charge in [0.25, 0.3) is 5.22 Å². The lowest BCUT2D eigenvalue weighted by Gasteiger charge is -1.97. The third-order valence-corrected chi connectivity index (χ3v) is 3.42. The fourth-order valence-corrected chi connectivity index (χ4v) is 2.30. The molecule has 0 unspecified atom stereocenters. The van der Waals surface area contributed by atoms with Crippen molar-refractivity contribution < 1.29 is 8.81 Å². The van der Waals surface area contributed by atoms with Crippen LogP contribution < -0.4 is 0 Å². The Hall–Kier alpha value is -1.01. The molecule has 0 bridgehead atoms. The molecule has 0 amide bonds. The van der Waals surface area contributed by atoms with Crippen LogP contribution in [0.25, 0.3) is 0 Å². The lowest BCUT2D eigenvalue weighted by Crippen LogP contribution is -1.81. The molecule has 1 aromatic carbocycles. The Morgan fingerprint density at radius 2 is 1.94 bits per heavy atom. The van der Waals surface area contributed by atoms with Crippen molar-refractivity contribution in [2.45, 2.75) is 16.7 Å². The Morgan fingerprint density at radius 1 is 1.18 bits per heavy atom. The first-order valence-corrected chi connectivity index (χ1v) is 7.34. The highest BCUT2D eigenvalue weighted by Crippen LogP contribution is 2.22. The fraction of sp³-hybridized carbons (Fsp3) is 0.273. The van der Waals surface area contributed by atoms with E-state index >= 15 is 0 Å². The van der Waals surface area contributed by atoms with Crippen molar-refractivity contribution in [2.75, 3.05) is 6.26 Å². The second-order valence-electron chi connectivity index (χ2n) is 3.31. The monoisotopic (exact) mass is 270 g/mol. The van der Waals surface area contributed by atoms with Gasteiger partial charge in [0.1, 0.15) is 5.82 Å². The molecule has 0 saturated carbocycles. The van der Waals surface area contributed by atoms with Gasteiger partial charge in [-0.1, -0.05) is 23.9 Å². The lowest BCUT2D eigenvalue weighted by atomic mass is 10.2. The van der Waals surface area contributed by atoms with E-state index in [9.17, 15) is 4.39 Å². The van der Waals surface area contributed by atoms with Gasteiger partial charge in [-0.05, 0) is 24.0 Å². The van der Waals surface area contributed by atoms with Crippen LogP contribution in [0.2, 0.25) is 0 Å². The quantitative estimate of drug-likeness (QED) is 0.779. The van der Waals surface area contributed by atoms with Crippen LogP contribution in [0.15, 0.2) is 33.9 Å². The molecule has 0 saturated heterocycles. The lowest BCUT2D eigenvalue weighted by molar-refractivity contribution is 0.426. The van der Waals surface area contributed by atoms with Crippen LogP contribution in [0.3, 0.4) is 0 Å². The number of halogens is 1. The molecule has 0 aliphatic rings. The summed E-state index contributed by atoms with van der Waals surface area (Å²) in [5, 5.41) is 8.39. The summed E-state index contributed by atoms with van der Waals surface area (Å²) in [5.74, 6) is 1.84. The van der Waals surface area contributed by atoms with E-state index in [1.807, 2.05) is 6.26 Å². The van der Waals surface area contributed by atoms with Crippen molar-refractivity contribution >= 4 is 23.5 Å². The van der Waals surface area contributed by atoms with Crippen LogP contribution in [-0.4, -0.2) is 16.5 Å². The predicted molar refractivity (Wildman–Crippen MR) is 67.5 cm³/mol. The van der Waals surface area contributed by atoms with Gasteiger partial charge >= 0.3 is 0 Å². The van der Waals surface area contributed by atoms with Crippen LogP contribution in [0.5, 0.6) is 0 Å². The van der Waals surface area contributed by atoms with Crippen LogP contribution in [-0.2, 0) is 11.5 Å². The summed E-state index contributed by atoms with van der Waals surface area (Å²) in [6.07, 6.45) is 1.98. The standard InChI is InChI=1S/C11H11FN2OS2/c1-16-7-10-13-14-11(15-10)17-6-8-2-4-9(12)5-3-8/h2-5H,6-7H2,1H3. The summed E-state index contributed by atoms with van der Waals surface area (Å²) in [6, 6.07) is 6.40. The van der Waals surface area contributed by atoms with E-state index in [2.05, 4.69) is 10.2 Å². The number of hydrogen-bond acceptors (Lipinski definition) is 5. The van der Waals surface area contributed by atoms with Gasteiger partial charge in [-0.25, -0.2) is 4.39 Å². The minimum atomic E-state index is -0.223. The van der Waals surface area contributed by atoms with Gasteiger partial charge in [0, 0.05) is 5.75 Å². The maximum atomic E-state index is 12.7. The minimum absolute atomic E-state index is 0.223.